The first-order valence-electron chi connectivity index (χ1n) is 5.52. The minimum absolute atomic E-state index is 0.597. The standard InChI is InChI=1S/C12H12ClN3S/c13-12-16-7-10(17-12)6-15-9-1-2-11-8(5-9)3-4-14-11/h1-2,5,7,14-15H,3-4,6H2. The lowest BCUT2D eigenvalue weighted by Crippen LogP contribution is -1.97. The molecule has 2 aromatic rings. The van der Waals surface area contributed by atoms with Crippen LogP contribution >= 0.6 is 22.9 Å². The van der Waals surface area contributed by atoms with Crippen LogP contribution in [-0.4, -0.2) is 11.5 Å². The van der Waals surface area contributed by atoms with E-state index in [-0.39, 0.29) is 0 Å². The number of hydrogen-bond acceptors (Lipinski definition) is 4. The van der Waals surface area contributed by atoms with Gasteiger partial charge < -0.3 is 10.6 Å². The highest BCUT2D eigenvalue weighted by Crippen LogP contribution is 2.26. The minimum atomic E-state index is 0.597. The highest BCUT2D eigenvalue weighted by Gasteiger charge is 2.09. The molecule has 1 aromatic carbocycles. The largest absolute Gasteiger partial charge is 0.384 e. The Balaban J connectivity index is 1.69. The summed E-state index contributed by atoms with van der Waals surface area (Å²) in [5, 5.41) is 6.74. The molecule has 1 aliphatic rings. The van der Waals surface area contributed by atoms with Crippen molar-refractivity contribution in [2.24, 2.45) is 0 Å². The van der Waals surface area contributed by atoms with Crippen LogP contribution in [0.2, 0.25) is 4.47 Å². The molecule has 0 saturated heterocycles. The van der Waals surface area contributed by atoms with Crippen molar-refractivity contribution in [3.05, 3.63) is 39.3 Å². The lowest BCUT2D eigenvalue weighted by atomic mass is 10.1. The zero-order valence-electron chi connectivity index (χ0n) is 9.16. The number of hydrogen-bond donors (Lipinski definition) is 2. The van der Waals surface area contributed by atoms with Crippen molar-refractivity contribution in [3.8, 4) is 0 Å². The van der Waals surface area contributed by atoms with Gasteiger partial charge in [-0.15, -0.1) is 11.3 Å². The summed E-state index contributed by atoms with van der Waals surface area (Å²) in [4.78, 5) is 5.17. The summed E-state index contributed by atoms with van der Waals surface area (Å²) in [5.74, 6) is 0. The fourth-order valence-corrected chi connectivity index (χ4v) is 2.89. The van der Waals surface area contributed by atoms with E-state index in [0.717, 1.165) is 30.1 Å². The SMILES string of the molecule is Clc1ncc(CNc2ccc3c(c2)CCN3)s1. The van der Waals surface area contributed by atoms with Crippen LogP contribution in [0.1, 0.15) is 10.4 Å². The molecule has 1 aliphatic heterocycles. The third-order valence-corrected chi connectivity index (χ3v) is 3.92. The third kappa shape index (κ3) is 2.37. The van der Waals surface area contributed by atoms with Crippen molar-refractivity contribution in [3.63, 3.8) is 0 Å². The monoisotopic (exact) mass is 265 g/mol. The van der Waals surface area contributed by atoms with E-state index in [9.17, 15) is 0 Å². The smallest absolute Gasteiger partial charge is 0.183 e. The molecule has 88 valence electrons. The van der Waals surface area contributed by atoms with E-state index in [1.54, 1.807) is 0 Å². The van der Waals surface area contributed by atoms with Crippen LogP contribution in [0.15, 0.2) is 24.4 Å². The molecule has 3 nitrogen and oxygen atoms in total. The maximum atomic E-state index is 5.79. The van der Waals surface area contributed by atoms with Gasteiger partial charge in [-0.05, 0) is 30.2 Å². The number of rotatable bonds is 3. The molecule has 0 spiro atoms. The molecule has 0 radical (unpaired) electrons. The van der Waals surface area contributed by atoms with E-state index < -0.39 is 0 Å². The van der Waals surface area contributed by atoms with Crippen molar-refractivity contribution in [1.82, 2.24) is 4.98 Å². The van der Waals surface area contributed by atoms with Gasteiger partial charge in [-0.1, -0.05) is 11.6 Å². The predicted molar refractivity (Wildman–Crippen MR) is 73.1 cm³/mol. The first-order chi connectivity index (χ1) is 8.31. The second-order valence-electron chi connectivity index (χ2n) is 3.98. The van der Waals surface area contributed by atoms with Crippen molar-refractivity contribution >= 4 is 34.3 Å². The molecule has 2 N–H and O–H groups in total. The summed E-state index contributed by atoms with van der Waals surface area (Å²) < 4.78 is 0.597. The Morgan fingerprint density at radius 2 is 2.41 bits per heavy atom. The first kappa shape index (κ1) is 10.9. The molecule has 0 amide bonds. The maximum absolute atomic E-state index is 5.79. The number of halogens is 1. The van der Waals surface area contributed by atoms with E-state index in [2.05, 4.69) is 33.8 Å². The normalized spacial score (nSPS) is 13.2. The second-order valence-corrected chi connectivity index (χ2v) is 5.68. The van der Waals surface area contributed by atoms with Gasteiger partial charge in [-0.25, -0.2) is 4.98 Å². The van der Waals surface area contributed by atoms with Gasteiger partial charge >= 0.3 is 0 Å². The number of thiazole rings is 1. The van der Waals surface area contributed by atoms with Crippen LogP contribution in [0, 0.1) is 0 Å². The Morgan fingerprint density at radius 3 is 3.24 bits per heavy atom. The van der Waals surface area contributed by atoms with Gasteiger partial charge in [0.1, 0.15) is 0 Å². The highest BCUT2D eigenvalue weighted by molar-refractivity contribution is 7.15. The Labute approximate surface area is 109 Å². The molecule has 0 bridgehead atoms. The fraction of sp³-hybridized carbons (Fsp3) is 0.250. The van der Waals surface area contributed by atoms with Crippen molar-refractivity contribution in [2.45, 2.75) is 13.0 Å². The molecule has 1 aromatic heterocycles. The average Bonchev–Trinajstić information content (AvgIpc) is 2.94. The zero-order chi connectivity index (χ0) is 11.7. The van der Waals surface area contributed by atoms with Gasteiger partial charge in [0.15, 0.2) is 4.47 Å². The zero-order valence-corrected chi connectivity index (χ0v) is 10.7. The Hall–Kier alpha value is -1.26. The maximum Gasteiger partial charge on any atom is 0.183 e. The highest BCUT2D eigenvalue weighted by atomic mass is 35.5. The van der Waals surface area contributed by atoms with Crippen LogP contribution < -0.4 is 10.6 Å². The average molecular weight is 266 g/mol. The Morgan fingerprint density at radius 1 is 1.47 bits per heavy atom. The lowest BCUT2D eigenvalue weighted by molar-refractivity contribution is 1.10. The molecule has 5 heteroatoms. The van der Waals surface area contributed by atoms with E-state index >= 15 is 0 Å². The third-order valence-electron chi connectivity index (χ3n) is 2.81. The molecule has 0 unspecified atom stereocenters. The lowest BCUT2D eigenvalue weighted by Gasteiger charge is -2.06. The predicted octanol–water partition coefficient (Wildman–Crippen LogP) is 3.38. The number of nitrogens with one attached hydrogen (secondary N) is 2. The van der Waals surface area contributed by atoms with Crippen LogP contribution in [0.3, 0.4) is 0 Å². The molecule has 0 aliphatic carbocycles. The summed E-state index contributed by atoms with van der Waals surface area (Å²) >= 11 is 7.30. The van der Waals surface area contributed by atoms with Gasteiger partial charge in [-0.2, -0.15) is 0 Å². The molecule has 2 heterocycles. The van der Waals surface area contributed by atoms with Gasteiger partial charge in [0, 0.05) is 29.0 Å². The van der Waals surface area contributed by atoms with Crippen molar-refractivity contribution in [1.29, 1.82) is 0 Å². The Bertz CT molecular complexity index is 538. The molecule has 0 saturated carbocycles. The summed E-state index contributed by atoms with van der Waals surface area (Å²) in [6.45, 7) is 1.82. The summed E-state index contributed by atoms with van der Waals surface area (Å²) in [5.41, 5.74) is 3.80. The fourth-order valence-electron chi connectivity index (χ4n) is 1.97. The van der Waals surface area contributed by atoms with Crippen LogP contribution in [-0.2, 0) is 13.0 Å². The number of benzene rings is 1. The summed E-state index contributed by atoms with van der Waals surface area (Å²) in [6, 6.07) is 6.43. The second kappa shape index (κ2) is 4.55. The topological polar surface area (TPSA) is 37.0 Å². The van der Waals surface area contributed by atoms with E-state index in [1.807, 2.05) is 6.20 Å². The van der Waals surface area contributed by atoms with Crippen molar-refractivity contribution in [2.75, 3.05) is 17.2 Å². The van der Waals surface area contributed by atoms with Crippen LogP contribution in [0.25, 0.3) is 0 Å². The van der Waals surface area contributed by atoms with Gasteiger partial charge in [0.25, 0.3) is 0 Å². The van der Waals surface area contributed by atoms with Gasteiger partial charge in [0.05, 0.1) is 6.54 Å². The summed E-state index contributed by atoms with van der Waals surface area (Å²) in [7, 11) is 0. The van der Waals surface area contributed by atoms with E-state index in [4.69, 9.17) is 11.6 Å². The number of nitrogens with zero attached hydrogens (tertiary/aromatic N) is 1. The first-order valence-corrected chi connectivity index (χ1v) is 6.71. The van der Waals surface area contributed by atoms with Gasteiger partial charge in [0.2, 0.25) is 0 Å². The van der Waals surface area contributed by atoms with Gasteiger partial charge in [-0.3, -0.25) is 0 Å². The minimum Gasteiger partial charge on any atom is -0.384 e. The van der Waals surface area contributed by atoms with Crippen LogP contribution in [0.4, 0.5) is 11.4 Å². The molecule has 17 heavy (non-hydrogen) atoms. The van der Waals surface area contributed by atoms with E-state index in [1.165, 1.54) is 22.6 Å². The molecule has 0 fully saturated rings. The number of anilines is 2. The van der Waals surface area contributed by atoms with Crippen molar-refractivity contribution < 1.29 is 0 Å². The Kier molecular flexibility index (Phi) is 2.91. The quantitative estimate of drug-likeness (QED) is 0.893. The summed E-state index contributed by atoms with van der Waals surface area (Å²) in [6.07, 6.45) is 2.92. The molecule has 0 atom stereocenters. The number of fused-ring (bicyclic) bond motifs is 1. The molecular formula is C12H12ClN3S. The van der Waals surface area contributed by atoms with Crippen LogP contribution in [0.5, 0.6) is 0 Å². The molecule has 3 rings (SSSR count). The number of aromatic nitrogens is 1. The van der Waals surface area contributed by atoms with E-state index in [0.29, 0.717) is 4.47 Å². The molecular weight excluding hydrogens is 254 g/mol.